The summed E-state index contributed by atoms with van der Waals surface area (Å²) in [5, 5.41) is 28.9. The van der Waals surface area contributed by atoms with Gasteiger partial charge in [-0.05, 0) is 38.9 Å². The molecule has 21 nitrogen and oxygen atoms in total. The second kappa shape index (κ2) is 16.7. The van der Waals surface area contributed by atoms with Crippen molar-refractivity contribution in [3.63, 3.8) is 0 Å². The number of carbonyl (C=O) groups excluding carboxylic acids is 2. The Morgan fingerprint density at radius 3 is 2.38 bits per heavy atom. The van der Waals surface area contributed by atoms with Crippen LogP contribution in [0, 0.1) is 0 Å². The maximum atomic E-state index is 13.2. The summed E-state index contributed by atoms with van der Waals surface area (Å²) in [5.74, 6) is -6.04. The molecule has 0 aromatic carbocycles. The second-order valence-corrected chi connectivity index (χ2v) is 12.7. The van der Waals surface area contributed by atoms with Gasteiger partial charge in [-0.1, -0.05) is 5.16 Å². The molecule has 0 aliphatic carbocycles. The molecular formula is C26H30F3N9O12S2. The molecule has 0 radical (unpaired) electrons. The molecule has 1 aliphatic heterocycles. The lowest BCUT2D eigenvalue weighted by molar-refractivity contribution is -0.218. The highest BCUT2D eigenvalue weighted by Crippen LogP contribution is 2.33. The summed E-state index contributed by atoms with van der Waals surface area (Å²) in [6, 6.07) is 1.90. The fourth-order valence-electron chi connectivity index (χ4n) is 3.96. The van der Waals surface area contributed by atoms with Crippen LogP contribution >= 0.6 is 11.3 Å². The number of thiazole rings is 1. The molecular weight excluding hydrogens is 751 g/mol. The molecule has 3 aromatic rings. The molecule has 0 bridgehead atoms. The number of oxime groups is 1. The summed E-state index contributed by atoms with van der Waals surface area (Å²) < 4.78 is 74.3. The third-order valence-electron chi connectivity index (χ3n) is 6.55. The number of alkyl halides is 3. The Hall–Kier alpha value is -5.44. The Morgan fingerprint density at radius 1 is 1.21 bits per heavy atom. The Balaban J connectivity index is 0.000000944. The Labute approximate surface area is 294 Å². The number of hydrogen-bond acceptors (Lipinski definition) is 16. The molecule has 3 aromatic heterocycles. The molecule has 1 aliphatic rings. The minimum Gasteiger partial charge on any atom is -0.487 e. The predicted molar refractivity (Wildman–Crippen MR) is 169 cm³/mol. The number of pyridine rings is 1. The summed E-state index contributed by atoms with van der Waals surface area (Å²) in [4.78, 5) is 59.9. The highest BCUT2D eigenvalue weighted by molar-refractivity contribution is 7.80. The van der Waals surface area contributed by atoms with E-state index >= 15 is 0 Å². The third kappa shape index (κ3) is 11.0. The standard InChI is InChI=1S/C24H29N9O10S2.C2HF3O2/c1-24(2)19(21(35)33(24)43-45(38,39)40)30-20(34)18(16-12-44-23(26)29-16)31-42-17(22(36)37)11-41-14-4-5-15(27-9-14)13-8-28-32(10-13)7-3-6-25;3-2(4,5)1(6)7/h4-5,8-10,12,17,19H,3,6-7,11,25H2,1-2H3,(H2,26,29)(H,30,34)(H,36,37)(H,38,39,40);(H,6,7). The van der Waals surface area contributed by atoms with Crippen molar-refractivity contribution in [1.82, 2.24) is 30.1 Å². The largest absolute Gasteiger partial charge is 0.490 e. The van der Waals surface area contributed by atoms with Crippen LogP contribution in [0.25, 0.3) is 11.3 Å². The molecule has 0 spiro atoms. The van der Waals surface area contributed by atoms with E-state index in [1.165, 1.54) is 25.4 Å². The van der Waals surface area contributed by atoms with Gasteiger partial charge in [0.05, 0.1) is 23.6 Å². The molecule has 1 saturated heterocycles. The van der Waals surface area contributed by atoms with Gasteiger partial charge in [0, 0.05) is 23.7 Å². The number of rotatable bonds is 15. The van der Waals surface area contributed by atoms with Crippen molar-refractivity contribution in [2.75, 3.05) is 18.9 Å². The van der Waals surface area contributed by atoms with Gasteiger partial charge < -0.3 is 36.6 Å². The van der Waals surface area contributed by atoms with Crippen molar-refractivity contribution >= 4 is 56.3 Å². The van der Waals surface area contributed by atoms with Gasteiger partial charge in [0.15, 0.2) is 10.8 Å². The van der Waals surface area contributed by atoms with Gasteiger partial charge in [0.25, 0.3) is 17.9 Å². The summed E-state index contributed by atoms with van der Waals surface area (Å²) in [6.07, 6.45) is -1.16. The van der Waals surface area contributed by atoms with E-state index in [4.69, 9.17) is 35.5 Å². The van der Waals surface area contributed by atoms with Crippen LogP contribution in [0.3, 0.4) is 0 Å². The lowest BCUT2D eigenvalue weighted by Gasteiger charge is -2.50. The van der Waals surface area contributed by atoms with E-state index in [-0.39, 0.29) is 16.6 Å². The minimum atomic E-state index is -5.08. The van der Waals surface area contributed by atoms with E-state index in [0.717, 1.165) is 23.3 Å². The lowest BCUT2D eigenvalue weighted by atomic mass is 9.84. The molecule has 4 heterocycles. The monoisotopic (exact) mass is 781 g/mol. The Bertz CT molecular complexity index is 1900. The summed E-state index contributed by atoms with van der Waals surface area (Å²) >= 11 is 0.950. The first-order chi connectivity index (χ1) is 24.1. The van der Waals surface area contributed by atoms with E-state index in [1.807, 2.05) is 6.20 Å². The van der Waals surface area contributed by atoms with Crippen LogP contribution in [0.15, 0.2) is 41.3 Å². The Kier molecular flexibility index (Phi) is 13.2. The summed E-state index contributed by atoms with van der Waals surface area (Å²) in [7, 11) is -5.02. The first-order valence-electron chi connectivity index (χ1n) is 14.3. The van der Waals surface area contributed by atoms with Crippen LogP contribution in [0.5, 0.6) is 5.75 Å². The summed E-state index contributed by atoms with van der Waals surface area (Å²) in [6.45, 7) is 3.37. The number of aromatic nitrogens is 4. The molecule has 26 heteroatoms. The van der Waals surface area contributed by atoms with Gasteiger partial charge in [-0.3, -0.25) is 23.8 Å². The van der Waals surface area contributed by atoms with Crippen molar-refractivity contribution in [1.29, 1.82) is 0 Å². The fraction of sp³-hybridized carbons (Fsp3) is 0.385. The number of carbonyl (C=O) groups is 4. The van der Waals surface area contributed by atoms with Crippen molar-refractivity contribution in [2.24, 2.45) is 10.9 Å². The number of anilines is 1. The molecule has 0 saturated carbocycles. The highest BCUT2D eigenvalue weighted by atomic mass is 32.3. The van der Waals surface area contributed by atoms with Crippen molar-refractivity contribution < 1.29 is 69.4 Å². The number of hydrogen-bond donors (Lipinski definition) is 6. The maximum absolute atomic E-state index is 13.2. The van der Waals surface area contributed by atoms with E-state index in [1.54, 1.807) is 23.0 Å². The molecule has 284 valence electrons. The number of nitrogens with one attached hydrogen (secondary N) is 1. The van der Waals surface area contributed by atoms with E-state index in [2.05, 4.69) is 29.8 Å². The lowest BCUT2D eigenvalue weighted by Crippen LogP contribution is -2.76. The highest BCUT2D eigenvalue weighted by Gasteiger charge is 2.58. The van der Waals surface area contributed by atoms with E-state index < -0.39 is 70.3 Å². The van der Waals surface area contributed by atoms with Crippen LogP contribution < -0.4 is 21.5 Å². The van der Waals surface area contributed by atoms with Gasteiger partial charge in [-0.25, -0.2) is 14.6 Å². The number of β-lactam (4-membered cyclic amide) rings is 1. The number of ether oxygens (including phenoxy) is 1. The fourth-order valence-corrected chi connectivity index (χ4v) is 4.96. The SMILES string of the molecule is CC1(C)C(NC(=O)C(=NOC(COc2ccc(-c3cnn(CCCN)c3)nc2)C(=O)O)c2csc(N)n2)C(=O)N1OS(=O)(=O)O.O=C(O)C(F)(F)F. The number of aliphatic carboxylic acids is 2. The molecule has 8 N–H and O–H groups in total. The molecule has 2 atom stereocenters. The quantitative estimate of drug-likeness (QED) is 0.0514. The van der Waals surface area contributed by atoms with Crippen molar-refractivity contribution in [2.45, 2.75) is 50.7 Å². The van der Waals surface area contributed by atoms with Gasteiger partial charge >= 0.3 is 28.5 Å². The smallest absolute Gasteiger partial charge is 0.487 e. The minimum absolute atomic E-state index is 0.0512. The molecule has 1 fully saturated rings. The number of hydroxylamine groups is 2. The first-order valence-corrected chi connectivity index (χ1v) is 16.5. The maximum Gasteiger partial charge on any atom is 0.490 e. The van der Waals surface area contributed by atoms with Crippen LogP contribution in [-0.4, -0.2) is 114 Å². The summed E-state index contributed by atoms with van der Waals surface area (Å²) in [5.41, 5.74) is 10.5. The number of carboxylic acid groups (broad SMARTS) is 2. The topological polar surface area (TPSA) is 314 Å². The van der Waals surface area contributed by atoms with E-state index in [9.17, 15) is 41.1 Å². The number of nitrogens with zero attached hydrogens (tertiary/aromatic N) is 6. The zero-order valence-corrected chi connectivity index (χ0v) is 28.4. The number of aryl methyl sites for hydroxylation is 1. The van der Waals surface area contributed by atoms with Crippen LogP contribution in [0.4, 0.5) is 18.3 Å². The van der Waals surface area contributed by atoms with Gasteiger partial charge in [0.2, 0.25) is 0 Å². The van der Waals surface area contributed by atoms with Crippen molar-refractivity contribution in [3.8, 4) is 17.0 Å². The average Bonchev–Trinajstić information content (AvgIpc) is 3.71. The van der Waals surface area contributed by atoms with Crippen molar-refractivity contribution in [3.05, 3.63) is 41.8 Å². The van der Waals surface area contributed by atoms with Gasteiger partial charge in [-0.2, -0.15) is 31.8 Å². The van der Waals surface area contributed by atoms with Crippen LogP contribution in [0.2, 0.25) is 0 Å². The molecule has 4 rings (SSSR count). The van der Waals surface area contributed by atoms with E-state index in [0.29, 0.717) is 23.8 Å². The molecule has 2 unspecified atom stereocenters. The Morgan fingerprint density at radius 2 is 1.88 bits per heavy atom. The zero-order valence-electron chi connectivity index (χ0n) is 26.8. The number of halogens is 3. The normalized spacial score (nSPS) is 16.2. The average molecular weight is 782 g/mol. The number of amides is 2. The number of carboxylic acids is 2. The van der Waals surface area contributed by atoms with Crippen LogP contribution in [-0.2, 0) is 45.2 Å². The van der Waals surface area contributed by atoms with Gasteiger partial charge in [0.1, 0.15) is 24.1 Å². The zero-order chi connectivity index (χ0) is 39.0. The molecule has 52 heavy (non-hydrogen) atoms. The molecule has 2 amide bonds. The van der Waals surface area contributed by atoms with Crippen LogP contribution in [0.1, 0.15) is 26.0 Å². The number of nitrogens with two attached hydrogens (primary N) is 2. The third-order valence-corrected chi connectivity index (χ3v) is 7.56. The first kappa shape index (κ1) is 41.0. The van der Waals surface area contributed by atoms with Gasteiger partial charge in [-0.15, -0.1) is 15.6 Å². The predicted octanol–water partition coefficient (Wildman–Crippen LogP) is 0.0588. The second-order valence-electron chi connectivity index (χ2n) is 10.8. The number of nitrogen functional groups attached to an aromatic ring is 1.